The summed E-state index contributed by atoms with van der Waals surface area (Å²) in [5.41, 5.74) is 7.37. The quantitative estimate of drug-likeness (QED) is 0.404. The molecule has 6 heteroatoms. The normalized spacial score (nSPS) is 14.0. The molecule has 0 spiro atoms. The van der Waals surface area contributed by atoms with Crippen LogP contribution in [0.2, 0.25) is 5.02 Å². The van der Waals surface area contributed by atoms with Gasteiger partial charge in [0.2, 0.25) is 0 Å². The molecule has 1 amide bonds. The molecule has 1 N–H and O–H groups in total. The molecule has 0 aromatic heterocycles. The molecule has 1 aliphatic heterocycles. The number of ether oxygens (including phenoxy) is 1. The second-order valence-electron chi connectivity index (χ2n) is 10.5. The lowest BCUT2D eigenvalue weighted by Crippen LogP contribution is -2.28. The van der Waals surface area contributed by atoms with Gasteiger partial charge >= 0.3 is 5.97 Å². The summed E-state index contributed by atoms with van der Waals surface area (Å²) in [6.07, 6.45) is -1.15. The number of hydrogen-bond acceptors (Lipinski definition) is 3. The standard InChI is InChI=1S/C30H32ClNO4/c1-17-7-9-20(10-8-17)25-18(2)23-15-32(28(33)21-11-13-22(31)14-12-21)16-24(23)19(3)26(25)27(29(34)35)36-30(4,5)6/h7-14,27H,15-16H2,1-6H3,(H,34,35)/t27-/m0/s1. The molecule has 5 nitrogen and oxygen atoms in total. The summed E-state index contributed by atoms with van der Waals surface area (Å²) in [6, 6.07) is 15.0. The minimum Gasteiger partial charge on any atom is -0.479 e. The number of rotatable bonds is 5. The number of nitrogens with zero attached hydrogens (tertiary/aromatic N) is 1. The number of hydrogen-bond donors (Lipinski definition) is 1. The van der Waals surface area contributed by atoms with E-state index >= 15 is 0 Å². The first-order valence-electron chi connectivity index (χ1n) is 12.0. The van der Waals surface area contributed by atoms with Crippen LogP contribution in [0.25, 0.3) is 11.1 Å². The fraction of sp³-hybridized carbons (Fsp3) is 0.333. The van der Waals surface area contributed by atoms with E-state index in [9.17, 15) is 14.7 Å². The summed E-state index contributed by atoms with van der Waals surface area (Å²) in [6.45, 7) is 12.4. The maximum Gasteiger partial charge on any atom is 0.337 e. The van der Waals surface area contributed by atoms with Crippen molar-refractivity contribution in [3.63, 3.8) is 0 Å². The predicted molar refractivity (Wildman–Crippen MR) is 142 cm³/mol. The molecule has 3 aromatic carbocycles. The predicted octanol–water partition coefficient (Wildman–Crippen LogP) is 7.03. The van der Waals surface area contributed by atoms with Crippen LogP contribution in [0.4, 0.5) is 0 Å². The van der Waals surface area contributed by atoms with Crippen LogP contribution in [0.15, 0.2) is 48.5 Å². The van der Waals surface area contributed by atoms with Crippen molar-refractivity contribution in [2.75, 3.05) is 0 Å². The Hall–Kier alpha value is -3.15. The maximum atomic E-state index is 13.3. The Morgan fingerprint density at radius 2 is 1.47 bits per heavy atom. The van der Waals surface area contributed by atoms with Gasteiger partial charge in [-0.25, -0.2) is 4.79 Å². The van der Waals surface area contributed by atoms with E-state index in [1.54, 1.807) is 29.2 Å². The van der Waals surface area contributed by atoms with E-state index in [1.807, 2.05) is 65.8 Å². The first kappa shape index (κ1) is 25.9. The fourth-order valence-corrected chi connectivity index (χ4v) is 5.07. The number of carbonyl (C=O) groups is 2. The molecule has 0 bridgehead atoms. The lowest BCUT2D eigenvalue weighted by atomic mass is 9.83. The van der Waals surface area contributed by atoms with Gasteiger partial charge in [-0.3, -0.25) is 4.79 Å². The highest BCUT2D eigenvalue weighted by Crippen LogP contribution is 2.43. The molecule has 0 saturated carbocycles. The van der Waals surface area contributed by atoms with Crippen molar-refractivity contribution in [3.05, 3.63) is 92.5 Å². The van der Waals surface area contributed by atoms with Crippen LogP contribution in [0.3, 0.4) is 0 Å². The van der Waals surface area contributed by atoms with Crippen LogP contribution >= 0.6 is 11.6 Å². The van der Waals surface area contributed by atoms with Crippen molar-refractivity contribution in [2.45, 2.75) is 66.3 Å². The Labute approximate surface area is 217 Å². The van der Waals surface area contributed by atoms with Crippen LogP contribution < -0.4 is 0 Å². The van der Waals surface area contributed by atoms with Crippen LogP contribution in [0.1, 0.15) is 70.6 Å². The average molecular weight is 506 g/mol. The topological polar surface area (TPSA) is 66.8 Å². The number of halogens is 1. The summed E-state index contributed by atoms with van der Waals surface area (Å²) < 4.78 is 6.13. The monoisotopic (exact) mass is 505 g/mol. The van der Waals surface area contributed by atoms with E-state index < -0.39 is 17.7 Å². The van der Waals surface area contributed by atoms with Crippen molar-refractivity contribution in [1.82, 2.24) is 4.90 Å². The zero-order valence-corrected chi connectivity index (χ0v) is 22.4. The Morgan fingerprint density at radius 3 is 2.00 bits per heavy atom. The fourth-order valence-electron chi connectivity index (χ4n) is 4.95. The van der Waals surface area contributed by atoms with Gasteiger partial charge in [0, 0.05) is 29.2 Å². The van der Waals surface area contributed by atoms with Crippen molar-refractivity contribution in [1.29, 1.82) is 0 Å². The van der Waals surface area contributed by atoms with Gasteiger partial charge < -0.3 is 14.7 Å². The molecule has 3 aromatic rings. The molecule has 0 fully saturated rings. The Balaban J connectivity index is 1.88. The number of fused-ring (bicyclic) bond motifs is 1. The van der Waals surface area contributed by atoms with Crippen LogP contribution in [-0.2, 0) is 22.6 Å². The zero-order valence-electron chi connectivity index (χ0n) is 21.6. The number of carboxylic acid groups (broad SMARTS) is 1. The molecule has 1 atom stereocenters. The number of aryl methyl sites for hydroxylation is 1. The summed E-state index contributed by atoms with van der Waals surface area (Å²) in [4.78, 5) is 27.7. The molecular formula is C30H32ClNO4. The zero-order chi connectivity index (χ0) is 26.4. The number of aliphatic carboxylic acids is 1. The van der Waals surface area contributed by atoms with E-state index in [4.69, 9.17) is 16.3 Å². The van der Waals surface area contributed by atoms with E-state index in [2.05, 4.69) is 0 Å². The van der Waals surface area contributed by atoms with Gasteiger partial charge in [0.1, 0.15) is 0 Å². The summed E-state index contributed by atoms with van der Waals surface area (Å²) >= 11 is 6.01. The second kappa shape index (κ2) is 9.72. The molecule has 0 unspecified atom stereocenters. The molecule has 188 valence electrons. The first-order valence-corrected chi connectivity index (χ1v) is 12.4. The number of amides is 1. The molecule has 0 saturated heterocycles. The van der Waals surface area contributed by atoms with Crippen molar-refractivity contribution >= 4 is 23.5 Å². The average Bonchev–Trinajstić information content (AvgIpc) is 3.26. The Bertz CT molecular complexity index is 1320. The molecule has 36 heavy (non-hydrogen) atoms. The number of benzene rings is 3. The second-order valence-corrected chi connectivity index (χ2v) is 10.9. The van der Waals surface area contributed by atoms with Crippen molar-refractivity contribution in [2.24, 2.45) is 0 Å². The Kier molecular flexibility index (Phi) is 7.00. The van der Waals surface area contributed by atoms with E-state index in [-0.39, 0.29) is 5.91 Å². The first-order chi connectivity index (χ1) is 16.9. The van der Waals surface area contributed by atoms with Crippen LogP contribution in [-0.4, -0.2) is 27.5 Å². The van der Waals surface area contributed by atoms with Gasteiger partial charge in [-0.2, -0.15) is 0 Å². The summed E-state index contributed by atoms with van der Waals surface area (Å²) in [7, 11) is 0. The van der Waals surface area contributed by atoms with Gasteiger partial charge in [0.05, 0.1) is 5.60 Å². The van der Waals surface area contributed by atoms with E-state index in [0.717, 1.165) is 38.9 Å². The molecular weight excluding hydrogens is 474 g/mol. The third kappa shape index (κ3) is 5.04. The van der Waals surface area contributed by atoms with Gasteiger partial charge in [-0.1, -0.05) is 41.4 Å². The summed E-state index contributed by atoms with van der Waals surface area (Å²) in [5, 5.41) is 10.9. The van der Waals surface area contributed by atoms with Crippen LogP contribution in [0.5, 0.6) is 0 Å². The SMILES string of the molecule is Cc1ccc(-c2c(C)c3c(c(C)c2[C@H](OC(C)(C)C)C(=O)O)CN(C(=O)c2ccc(Cl)cc2)C3)cc1. The van der Waals surface area contributed by atoms with Gasteiger partial charge in [-0.05, 0) is 99.2 Å². The molecule has 1 heterocycles. The smallest absolute Gasteiger partial charge is 0.337 e. The van der Waals surface area contributed by atoms with Gasteiger partial charge in [0.15, 0.2) is 6.10 Å². The molecule has 4 rings (SSSR count). The lowest BCUT2D eigenvalue weighted by molar-refractivity contribution is -0.160. The third-order valence-electron chi connectivity index (χ3n) is 6.69. The summed E-state index contributed by atoms with van der Waals surface area (Å²) in [5.74, 6) is -1.12. The largest absolute Gasteiger partial charge is 0.479 e. The minimum atomic E-state index is -1.15. The minimum absolute atomic E-state index is 0.0826. The van der Waals surface area contributed by atoms with Crippen molar-refractivity contribution in [3.8, 4) is 11.1 Å². The highest BCUT2D eigenvalue weighted by atomic mass is 35.5. The maximum absolute atomic E-state index is 13.3. The molecule has 1 aliphatic rings. The number of carbonyl (C=O) groups excluding carboxylic acids is 1. The highest BCUT2D eigenvalue weighted by molar-refractivity contribution is 6.30. The number of carboxylic acids is 1. The highest BCUT2D eigenvalue weighted by Gasteiger charge is 2.36. The third-order valence-corrected chi connectivity index (χ3v) is 6.94. The van der Waals surface area contributed by atoms with Gasteiger partial charge in [-0.15, -0.1) is 0 Å². The van der Waals surface area contributed by atoms with Crippen LogP contribution in [0, 0.1) is 20.8 Å². The van der Waals surface area contributed by atoms with E-state index in [1.165, 1.54) is 0 Å². The van der Waals surface area contributed by atoms with Crippen molar-refractivity contribution < 1.29 is 19.4 Å². The molecule has 0 radical (unpaired) electrons. The lowest BCUT2D eigenvalue weighted by Gasteiger charge is -2.29. The molecule has 0 aliphatic carbocycles. The van der Waals surface area contributed by atoms with Gasteiger partial charge in [0.25, 0.3) is 5.91 Å². The van der Waals surface area contributed by atoms with E-state index in [0.29, 0.717) is 29.2 Å². The Morgan fingerprint density at radius 1 is 0.917 bits per heavy atom.